The van der Waals surface area contributed by atoms with Crippen molar-refractivity contribution in [2.75, 3.05) is 13.2 Å². The Bertz CT molecular complexity index is 378. The molecule has 0 aliphatic carbocycles. The highest BCUT2D eigenvalue weighted by atomic mass is 127. The fourth-order valence-electron chi connectivity index (χ4n) is 2.44. The van der Waals surface area contributed by atoms with Gasteiger partial charge >= 0.3 is 0 Å². The Morgan fingerprint density at radius 3 is 2.76 bits per heavy atom. The maximum absolute atomic E-state index is 5.76. The lowest BCUT2D eigenvalue weighted by Crippen LogP contribution is -2.36. The molecule has 0 amide bonds. The van der Waals surface area contributed by atoms with Crippen molar-refractivity contribution in [3.8, 4) is 0 Å². The maximum Gasteiger partial charge on any atom is 0.0500 e. The molecule has 94 valence electrons. The summed E-state index contributed by atoms with van der Waals surface area (Å²) < 4.78 is 6.73. The second kappa shape index (κ2) is 6.13. The number of benzene rings is 1. The first-order valence-electron chi connectivity index (χ1n) is 6.03. The molecule has 0 saturated carbocycles. The first-order chi connectivity index (χ1) is 8.24. The predicted octanol–water partition coefficient (Wildman–Crippen LogP) is 2.53. The quantitative estimate of drug-likeness (QED) is 0.502. The van der Waals surface area contributed by atoms with Crippen LogP contribution in [0.5, 0.6) is 0 Å². The van der Waals surface area contributed by atoms with E-state index in [-0.39, 0.29) is 6.04 Å². The van der Waals surface area contributed by atoms with Crippen LogP contribution in [0.15, 0.2) is 18.2 Å². The van der Waals surface area contributed by atoms with Crippen molar-refractivity contribution in [1.82, 2.24) is 5.43 Å². The number of aryl methyl sites for hydroxylation is 1. The van der Waals surface area contributed by atoms with Gasteiger partial charge < -0.3 is 4.74 Å². The molecule has 0 bridgehead atoms. The number of nitrogens with two attached hydrogens (primary N) is 1. The number of nitrogens with one attached hydrogen (secondary N) is 1. The van der Waals surface area contributed by atoms with E-state index >= 15 is 0 Å². The average molecular weight is 346 g/mol. The zero-order valence-electron chi connectivity index (χ0n) is 10.1. The van der Waals surface area contributed by atoms with E-state index in [0.29, 0.717) is 5.92 Å². The van der Waals surface area contributed by atoms with Crippen molar-refractivity contribution >= 4 is 22.6 Å². The number of rotatable bonds is 3. The first-order valence-corrected chi connectivity index (χ1v) is 7.10. The molecule has 1 saturated heterocycles. The molecule has 4 heteroatoms. The summed E-state index contributed by atoms with van der Waals surface area (Å²) in [5.74, 6) is 6.33. The Labute approximate surface area is 116 Å². The van der Waals surface area contributed by atoms with E-state index in [2.05, 4.69) is 53.1 Å². The van der Waals surface area contributed by atoms with Gasteiger partial charge in [-0.25, -0.2) is 0 Å². The minimum Gasteiger partial charge on any atom is -0.381 e. The van der Waals surface area contributed by atoms with Gasteiger partial charge in [0.15, 0.2) is 0 Å². The zero-order chi connectivity index (χ0) is 12.3. The normalized spacial score (nSPS) is 19.2. The van der Waals surface area contributed by atoms with Crippen molar-refractivity contribution in [2.45, 2.75) is 25.8 Å². The molecule has 1 aromatic carbocycles. The van der Waals surface area contributed by atoms with Gasteiger partial charge in [-0.2, -0.15) is 0 Å². The molecular formula is C13H19IN2O. The van der Waals surface area contributed by atoms with E-state index in [1.165, 1.54) is 14.7 Å². The van der Waals surface area contributed by atoms with Gasteiger partial charge in [-0.05, 0) is 59.4 Å². The van der Waals surface area contributed by atoms with Crippen LogP contribution in [-0.4, -0.2) is 13.2 Å². The van der Waals surface area contributed by atoms with Crippen LogP contribution in [0.25, 0.3) is 0 Å². The van der Waals surface area contributed by atoms with Crippen LogP contribution in [0.2, 0.25) is 0 Å². The molecule has 0 aromatic heterocycles. The average Bonchev–Trinajstić information content (AvgIpc) is 2.37. The number of halogens is 1. The molecule has 2 rings (SSSR count). The van der Waals surface area contributed by atoms with Gasteiger partial charge in [-0.3, -0.25) is 11.3 Å². The van der Waals surface area contributed by atoms with Crippen molar-refractivity contribution in [2.24, 2.45) is 11.8 Å². The molecule has 1 atom stereocenters. The van der Waals surface area contributed by atoms with Gasteiger partial charge in [0.2, 0.25) is 0 Å². The fraction of sp³-hybridized carbons (Fsp3) is 0.538. The van der Waals surface area contributed by atoms with Gasteiger partial charge in [0.05, 0.1) is 0 Å². The van der Waals surface area contributed by atoms with E-state index < -0.39 is 0 Å². The number of hydrazine groups is 1. The van der Waals surface area contributed by atoms with Crippen molar-refractivity contribution in [1.29, 1.82) is 0 Å². The summed E-state index contributed by atoms with van der Waals surface area (Å²) in [7, 11) is 0. The molecule has 1 unspecified atom stereocenters. The van der Waals surface area contributed by atoms with Gasteiger partial charge in [0.25, 0.3) is 0 Å². The van der Waals surface area contributed by atoms with Crippen LogP contribution >= 0.6 is 22.6 Å². The highest BCUT2D eigenvalue weighted by molar-refractivity contribution is 14.1. The highest BCUT2D eigenvalue weighted by Crippen LogP contribution is 2.32. The molecule has 1 aliphatic rings. The van der Waals surface area contributed by atoms with Crippen molar-refractivity contribution in [3.63, 3.8) is 0 Å². The minimum absolute atomic E-state index is 0.241. The summed E-state index contributed by atoms with van der Waals surface area (Å²) in [6.07, 6.45) is 2.16. The lowest BCUT2D eigenvalue weighted by molar-refractivity contribution is 0.0535. The van der Waals surface area contributed by atoms with Crippen molar-refractivity contribution in [3.05, 3.63) is 32.9 Å². The zero-order valence-corrected chi connectivity index (χ0v) is 12.2. The topological polar surface area (TPSA) is 47.3 Å². The van der Waals surface area contributed by atoms with Crippen LogP contribution < -0.4 is 11.3 Å². The van der Waals surface area contributed by atoms with E-state index in [1.807, 2.05) is 0 Å². The molecule has 0 radical (unpaired) electrons. The summed E-state index contributed by atoms with van der Waals surface area (Å²) >= 11 is 2.41. The largest absolute Gasteiger partial charge is 0.381 e. The third-order valence-corrected chi connectivity index (χ3v) is 4.95. The second-order valence-electron chi connectivity index (χ2n) is 4.57. The smallest absolute Gasteiger partial charge is 0.0500 e. The Hall–Kier alpha value is -0.170. The molecule has 0 spiro atoms. The van der Waals surface area contributed by atoms with Gasteiger partial charge in [0.1, 0.15) is 0 Å². The lowest BCUT2D eigenvalue weighted by atomic mass is 9.87. The predicted molar refractivity (Wildman–Crippen MR) is 77.5 cm³/mol. The summed E-state index contributed by atoms with van der Waals surface area (Å²) in [4.78, 5) is 0. The Morgan fingerprint density at radius 1 is 1.41 bits per heavy atom. The minimum atomic E-state index is 0.241. The fourth-order valence-corrected chi connectivity index (χ4v) is 3.13. The Kier molecular flexibility index (Phi) is 4.78. The number of ether oxygens (including phenoxy) is 1. The van der Waals surface area contributed by atoms with E-state index in [4.69, 9.17) is 10.6 Å². The summed E-state index contributed by atoms with van der Waals surface area (Å²) in [5.41, 5.74) is 5.63. The third-order valence-electron chi connectivity index (χ3n) is 3.47. The van der Waals surface area contributed by atoms with Crippen LogP contribution in [0.4, 0.5) is 0 Å². The number of hydrogen-bond acceptors (Lipinski definition) is 3. The molecule has 17 heavy (non-hydrogen) atoms. The first kappa shape index (κ1) is 13.3. The summed E-state index contributed by atoms with van der Waals surface area (Å²) in [5, 5.41) is 0. The monoisotopic (exact) mass is 346 g/mol. The van der Waals surface area contributed by atoms with Gasteiger partial charge in [-0.15, -0.1) is 0 Å². The van der Waals surface area contributed by atoms with Crippen molar-refractivity contribution < 1.29 is 4.74 Å². The third kappa shape index (κ3) is 2.99. The molecule has 1 aliphatic heterocycles. The summed E-state index contributed by atoms with van der Waals surface area (Å²) in [6.45, 7) is 3.85. The van der Waals surface area contributed by atoms with Gasteiger partial charge in [0, 0.05) is 22.8 Å². The standard InChI is InChI=1S/C13H19IN2O/c1-9-3-2-4-11(12(9)14)13(16-15)10-5-7-17-8-6-10/h2-4,10,13,16H,5-8,15H2,1H3. The highest BCUT2D eigenvalue weighted by Gasteiger charge is 2.26. The number of hydrogen-bond donors (Lipinski definition) is 2. The molecule has 3 N–H and O–H groups in total. The maximum atomic E-state index is 5.76. The molecule has 1 fully saturated rings. The Balaban J connectivity index is 2.24. The van der Waals surface area contributed by atoms with Crippen LogP contribution in [0.1, 0.15) is 30.0 Å². The van der Waals surface area contributed by atoms with Gasteiger partial charge in [-0.1, -0.05) is 18.2 Å². The van der Waals surface area contributed by atoms with Crippen LogP contribution in [0, 0.1) is 16.4 Å². The summed E-state index contributed by atoms with van der Waals surface area (Å²) in [6, 6.07) is 6.67. The molecule has 3 nitrogen and oxygen atoms in total. The van der Waals surface area contributed by atoms with E-state index in [1.54, 1.807) is 0 Å². The second-order valence-corrected chi connectivity index (χ2v) is 5.65. The van der Waals surface area contributed by atoms with E-state index in [9.17, 15) is 0 Å². The van der Waals surface area contributed by atoms with Crippen LogP contribution in [-0.2, 0) is 4.74 Å². The van der Waals surface area contributed by atoms with Crippen LogP contribution in [0.3, 0.4) is 0 Å². The van der Waals surface area contributed by atoms with E-state index in [0.717, 1.165) is 26.1 Å². The molecule has 1 heterocycles. The lowest BCUT2D eigenvalue weighted by Gasteiger charge is -2.31. The molecule has 1 aromatic rings. The Morgan fingerprint density at radius 2 is 2.12 bits per heavy atom. The molecular weight excluding hydrogens is 327 g/mol. The SMILES string of the molecule is Cc1cccc(C(NN)C2CCOCC2)c1I.